The Morgan fingerprint density at radius 3 is 1.68 bits per heavy atom. The normalized spacial score (nSPS) is 12.1. The molecular weight excluding hydrogens is 297 g/mol. The van der Waals surface area contributed by atoms with Crippen molar-refractivity contribution in [3.63, 3.8) is 0 Å². The van der Waals surface area contributed by atoms with Crippen molar-refractivity contribution in [2.24, 2.45) is 5.92 Å². The number of carboxylic acid groups (broad SMARTS) is 2. The topological polar surface area (TPSA) is 118 Å². The Kier molecular flexibility index (Phi) is 4.95. The zero-order chi connectivity index (χ0) is 15.6. The molecule has 110 valence electrons. The highest BCUT2D eigenvalue weighted by Gasteiger charge is 2.49. The van der Waals surface area contributed by atoms with E-state index in [1.54, 1.807) is 0 Å². The molecule has 0 aliphatic carbocycles. The maximum Gasteiger partial charge on any atom is 0.534 e. The highest BCUT2D eigenvalue weighted by atomic mass is 32.2. The Morgan fingerprint density at radius 2 is 1.47 bits per heavy atom. The van der Waals surface area contributed by atoms with E-state index >= 15 is 0 Å². The smallest absolute Gasteiger partial charge is 0.477 e. The van der Waals surface area contributed by atoms with Gasteiger partial charge < -0.3 is 14.4 Å². The molecule has 0 aromatic carbocycles. The van der Waals surface area contributed by atoms with E-state index in [0.717, 1.165) is 13.8 Å². The number of rotatable bonds is 5. The van der Waals surface area contributed by atoms with Crippen LogP contribution >= 0.6 is 0 Å². The third kappa shape index (κ3) is 4.12. The molecule has 2 N–H and O–H groups in total. The Balaban J connectivity index is 5.94. The molecule has 0 unspecified atom stereocenters. The highest BCUT2D eigenvalue weighted by Crippen LogP contribution is 2.30. The van der Waals surface area contributed by atoms with Crippen LogP contribution in [0.4, 0.5) is 13.2 Å². The van der Waals surface area contributed by atoms with Crippen molar-refractivity contribution in [1.29, 1.82) is 0 Å². The average Bonchev–Trinajstić information content (AvgIpc) is 2.12. The van der Waals surface area contributed by atoms with Crippen LogP contribution in [0.3, 0.4) is 0 Å². The SMILES string of the molecule is CC(C)C(OS(=O)(=O)C(F)(F)F)=C(C(=O)O)C(=O)O. The molecule has 0 saturated heterocycles. The summed E-state index contributed by atoms with van der Waals surface area (Å²) in [6, 6.07) is 0. The molecule has 0 amide bonds. The summed E-state index contributed by atoms with van der Waals surface area (Å²) in [7, 11) is -6.14. The second-order valence-corrected chi connectivity index (χ2v) is 5.03. The lowest BCUT2D eigenvalue weighted by molar-refractivity contribution is -0.140. The fourth-order valence-electron chi connectivity index (χ4n) is 0.894. The highest BCUT2D eigenvalue weighted by molar-refractivity contribution is 7.87. The Hall–Kier alpha value is -1.78. The van der Waals surface area contributed by atoms with E-state index in [1.165, 1.54) is 0 Å². The van der Waals surface area contributed by atoms with Gasteiger partial charge in [-0.2, -0.15) is 21.6 Å². The molecule has 0 fully saturated rings. The van der Waals surface area contributed by atoms with Gasteiger partial charge in [0.15, 0.2) is 5.57 Å². The first-order valence-electron chi connectivity index (χ1n) is 4.52. The molecule has 0 radical (unpaired) electrons. The number of carbonyl (C=O) groups is 2. The van der Waals surface area contributed by atoms with Gasteiger partial charge >= 0.3 is 27.6 Å². The maximum absolute atomic E-state index is 12.1. The van der Waals surface area contributed by atoms with Gasteiger partial charge in [0.2, 0.25) is 0 Å². The van der Waals surface area contributed by atoms with E-state index in [4.69, 9.17) is 10.2 Å². The minimum Gasteiger partial charge on any atom is -0.477 e. The van der Waals surface area contributed by atoms with Gasteiger partial charge in [-0.1, -0.05) is 13.8 Å². The molecule has 0 aromatic heterocycles. The first kappa shape index (κ1) is 17.2. The van der Waals surface area contributed by atoms with Crippen molar-refractivity contribution >= 4 is 22.1 Å². The van der Waals surface area contributed by atoms with Crippen molar-refractivity contribution in [3.8, 4) is 0 Å². The van der Waals surface area contributed by atoms with Gasteiger partial charge in [-0.3, -0.25) is 0 Å². The molecule has 0 saturated carbocycles. The van der Waals surface area contributed by atoms with E-state index in [-0.39, 0.29) is 0 Å². The number of alkyl halides is 3. The second kappa shape index (κ2) is 5.47. The summed E-state index contributed by atoms with van der Waals surface area (Å²) >= 11 is 0. The van der Waals surface area contributed by atoms with Crippen LogP contribution in [0.2, 0.25) is 0 Å². The van der Waals surface area contributed by atoms with Crippen LogP contribution in [0.15, 0.2) is 11.3 Å². The number of allylic oxidation sites excluding steroid dienone is 1. The van der Waals surface area contributed by atoms with E-state index in [2.05, 4.69) is 4.18 Å². The van der Waals surface area contributed by atoms with E-state index < -0.39 is 44.8 Å². The fraction of sp³-hybridized carbons (Fsp3) is 0.500. The third-order valence-electron chi connectivity index (χ3n) is 1.68. The summed E-state index contributed by atoms with van der Waals surface area (Å²) < 4.78 is 61.4. The number of hydrogen-bond acceptors (Lipinski definition) is 5. The molecule has 19 heavy (non-hydrogen) atoms. The summed E-state index contributed by atoms with van der Waals surface area (Å²) in [5.74, 6) is -6.75. The third-order valence-corrected chi connectivity index (χ3v) is 2.65. The number of hydrogen-bond donors (Lipinski definition) is 2. The first-order valence-corrected chi connectivity index (χ1v) is 5.93. The van der Waals surface area contributed by atoms with Crippen molar-refractivity contribution in [2.75, 3.05) is 0 Å². The lowest BCUT2D eigenvalue weighted by Gasteiger charge is -2.16. The predicted molar refractivity (Wildman–Crippen MR) is 53.2 cm³/mol. The van der Waals surface area contributed by atoms with Crippen LogP contribution in [0.5, 0.6) is 0 Å². The molecule has 0 atom stereocenters. The summed E-state index contributed by atoms with van der Waals surface area (Å²) in [4.78, 5) is 21.3. The Labute approximate surface area is 105 Å². The van der Waals surface area contributed by atoms with Crippen LogP contribution in [0, 0.1) is 5.92 Å². The van der Waals surface area contributed by atoms with E-state index in [0.29, 0.717) is 0 Å². The quantitative estimate of drug-likeness (QED) is 0.194. The molecule has 0 heterocycles. The first-order chi connectivity index (χ1) is 8.31. The summed E-state index contributed by atoms with van der Waals surface area (Å²) in [6.07, 6.45) is 0. The molecule has 0 aliphatic heterocycles. The monoisotopic (exact) mass is 306 g/mol. The van der Waals surface area contributed by atoms with Gasteiger partial charge in [-0.15, -0.1) is 0 Å². The van der Waals surface area contributed by atoms with Crippen molar-refractivity contribution in [2.45, 2.75) is 19.4 Å². The van der Waals surface area contributed by atoms with Crippen molar-refractivity contribution in [1.82, 2.24) is 0 Å². The minimum absolute atomic E-state index is 1.08. The average molecular weight is 306 g/mol. The summed E-state index contributed by atoms with van der Waals surface area (Å²) in [5, 5.41) is 17.1. The molecule has 0 bridgehead atoms. The van der Waals surface area contributed by atoms with E-state index in [9.17, 15) is 31.2 Å². The van der Waals surface area contributed by atoms with Crippen molar-refractivity contribution in [3.05, 3.63) is 11.3 Å². The largest absolute Gasteiger partial charge is 0.534 e. The Bertz CT molecular complexity index is 499. The van der Waals surface area contributed by atoms with Gasteiger partial charge in [0.25, 0.3) is 0 Å². The standard InChI is InChI=1S/C8H9F3O7S/c1-3(2)5(4(6(12)13)7(14)15)18-19(16,17)8(9,10)11/h3H,1-2H3,(H,12,13)(H,14,15). The van der Waals surface area contributed by atoms with Crippen molar-refractivity contribution < 1.29 is 45.6 Å². The van der Waals surface area contributed by atoms with Crippen LogP contribution in [0.1, 0.15) is 13.8 Å². The molecule has 0 aliphatic rings. The van der Waals surface area contributed by atoms with Gasteiger partial charge in [-0.05, 0) is 0 Å². The zero-order valence-corrected chi connectivity index (χ0v) is 10.4. The Morgan fingerprint density at radius 1 is 1.11 bits per heavy atom. The molecule has 0 aromatic rings. The lowest BCUT2D eigenvalue weighted by Crippen LogP contribution is -2.28. The van der Waals surface area contributed by atoms with Crippen LogP contribution in [0.25, 0.3) is 0 Å². The molecule has 0 spiro atoms. The molecule has 0 rings (SSSR count). The van der Waals surface area contributed by atoms with Gasteiger partial charge in [-0.25, -0.2) is 9.59 Å². The van der Waals surface area contributed by atoms with Crippen LogP contribution in [-0.4, -0.2) is 36.1 Å². The molecule has 11 heteroatoms. The lowest BCUT2D eigenvalue weighted by atomic mass is 10.1. The molecule has 7 nitrogen and oxygen atoms in total. The number of carboxylic acids is 2. The van der Waals surface area contributed by atoms with Crippen LogP contribution < -0.4 is 0 Å². The van der Waals surface area contributed by atoms with Crippen LogP contribution in [-0.2, 0) is 23.9 Å². The van der Waals surface area contributed by atoms with Gasteiger partial charge in [0.05, 0.1) is 0 Å². The van der Waals surface area contributed by atoms with Gasteiger partial charge in [0, 0.05) is 5.92 Å². The number of aliphatic carboxylic acids is 2. The minimum atomic E-state index is -6.14. The fourth-order valence-corrected chi connectivity index (χ4v) is 1.50. The van der Waals surface area contributed by atoms with Gasteiger partial charge in [0.1, 0.15) is 5.76 Å². The summed E-state index contributed by atoms with van der Waals surface area (Å²) in [6.45, 7) is 2.15. The zero-order valence-electron chi connectivity index (χ0n) is 9.56. The molecular formula is C8H9F3O7S. The second-order valence-electron chi connectivity index (χ2n) is 3.49. The number of halogens is 3. The van der Waals surface area contributed by atoms with E-state index in [1.807, 2.05) is 0 Å². The summed E-state index contributed by atoms with van der Waals surface area (Å²) in [5.41, 5.74) is -7.38. The predicted octanol–water partition coefficient (Wildman–Crippen LogP) is 0.932. The maximum atomic E-state index is 12.1.